The monoisotopic (exact) mass is 495 g/mol. The Labute approximate surface area is 209 Å². The van der Waals surface area contributed by atoms with Gasteiger partial charge in [0.05, 0.1) is 22.3 Å². The van der Waals surface area contributed by atoms with Gasteiger partial charge in [0.1, 0.15) is 6.17 Å². The lowest BCUT2D eigenvalue weighted by Crippen LogP contribution is -2.48. The Morgan fingerprint density at radius 3 is 2.32 bits per heavy atom. The third kappa shape index (κ3) is 3.70. The summed E-state index contributed by atoms with van der Waals surface area (Å²) >= 11 is 0. The number of hydrogen-bond donors (Lipinski definition) is 3. The minimum atomic E-state index is -0.773. The maximum atomic E-state index is 13.5. The minimum Gasteiger partial charge on any atom is -0.326 e. The zero-order valence-corrected chi connectivity index (χ0v) is 19.5. The maximum absolute atomic E-state index is 13.5. The first kappa shape index (κ1) is 22.5. The summed E-state index contributed by atoms with van der Waals surface area (Å²) in [5.41, 5.74) is 2.15. The summed E-state index contributed by atoms with van der Waals surface area (Å²) in [7, 11) is 0. The Morgan fingerprint density at radius 2 is 1.51 bits per heavy atom. The van der Waals surface area contributed by atoms with E-state index >= 15 is 0 Å². The number of benzene rings is 3. The van der Waals surface area contributed by atoms with Gasteiger partial charge in [-0.15, -0.1) is 0 Å². The number of nitrogens with one attached hydrogen (secondary N) is 3. The summed E-state index contributed by atoms with van der Waals surface area (Å²) in [5.74, 6) is -0.607. The molecular weight excluding hydrogens is 474 g/mol. The second kappa shape index (κ2) is 8.59. The molecule has 37 heavy (non-hydrogen) atoms. The van der Waals surface area contributed by atoms with Crippen molar-refractivity contribution in [2.24, 2.45) is 0 Å². The highest BCUT2D eigenvalue weighted by molar-refractivity contribution is 6.16. The van der Waals surface area contributed by atoms with E-state index < -0.39 is 17.3 Å². The van der Waals surface area contributed by atoms with Crippen LogP contribution in [0.5, 0.6) is 0 Å². The number of anilines is 2. The van der Waals surface area contributed by atoms with Crippen LogP contribution in [0.2, 0.25) is 0 Å². The van der Waals surface area contributed by atoms with Crippen LogP contribution in [0.3, 0.4) is 0 Å². The number of fused-ring (bicyclic) bond motifs is 6. The lowest BCUT2D eigenvalue weighted by Gasteiger charge is -2.41. The standard InChI is InChI=1S/C27H21N5O5/c33-22(28-15-11-12-19-20(14-15)30-24(35)23(34)29-19)10-5-13-31-25-16-6-1-2-7-17(16)27(37)32(25)21-9-4-3-8-18(21)26(31)36/h1-4,6-9,11-12,14,25H,5,10,13H2,(H,28,33)(H,29,34)(H,30,35). The molecule has 0 fully saturated rings. The Morgan fingerprint density at radius 1 is 0.811 bits per heavy atom. The van der Waals surface area contributed by atoms with Crippen LogP contribution in [-0.2, 0) is 4.79 Å². The first-order valence-electron chi connectivity index (χ1n) is 11.8. The highest BCUT2D eigenvalue weighted by atomic mass is 16.2. The van der Waals surface area contributed by atoms with Crippen LogP contribution in [0.1, 0.15) is 45.3 Å². The van der Waals surface area contributed by atoms with Gasteiger partial charge >= 0.3 is 11.1 Å². The van der Waals surface area contributed by atoms with Gasteiger partial charge in [0.2, 0.25) is 5.91 Å². The average molecular weight is 495 g/mol. The van der Waals surface area contributed by atoms with Crippen LogP contribution in [-0.4, -0.2) is 39.1 Å². The van der Waals surface area contributed by atoms with Crippen molar-refractivity contribution >= 4 is 40.1 Å². The molecule has 3 heterocycles. The summed E-state index contributed by atoms with van der Waals surface area (Å²) in [5, 5.41) is 2.78. The summed E-state index contributed by atoms with van der Waals surface area (Å²) in [4.78, 5) is 70.7. The number of para-hydroxylation sites is 1. The molecule has 10 heteroatoms. The van der Waals surface area contributed by atoms with Crippen molar-refractivity contribution < 1.29 is 14.4 Å². The van der Waals surface area contributed by atoms with Crippen molar-refractivity contribution in [1.29, 1.82) is 0 Å². The molecule has 0 bridgehead atoms. The molecule has 2 aliphatic heterocycles. The van der Waals surface area contributed by atoms with Crippen molar-refractivity contribution in [3.63, 3.8) is 0 Å². The van der Waals surface area contributed by atoms with Crippen LogP contribution in [0.15, 0.2) is 76.3 Å². The number of amides is 3. The molecule has 1 atom stereocenters. The molecule has 4 aromatic rings. The van der Waals surface area contributed by atoms with E-state index in [9.17, 15) is 24.0 Å². The first-order valence-corrected chi connectivity index (χ1v) is 11.8. The van der Waals surface area contributed by atoms with Crippen molar-refractivity contribution in [3.8, 4) is 0 Å². The molecule has 0 spiro atoms. The molecule has 6 rings (SSSR count). The predicted molar refractivity (Wildman–Crippen MR) is 137 cm³/mol. The van der Waals surface area contributed by atoms with E-state index in [1.165, 1.54) is 0 Å². The van der Waals surface area contributed by atoms with E-state index in [1.54, 1.807) is 64.4 Å². The second-order valence-electron chi connectivity index (χ2n) is 8.97. The molecule has 3 amide bonds. The largest absolute Gasteiger partial charge is 0.326 e. The predicted octanol–water partition coefficient (Wildman–Crippen LogP) is 2.75. The Balaban J connectivity index is 1.20. The maximum Gasteiger partial charge on any atom is 0.314 e. The van der Waals surface area contributed by atoms with Crippen molar-refractivity contribution in [2.75, 3.05) is 16.8 Å². The molecule has 184 valence electrons. The lowest BCUT2D eigenvalue weighted by molar-refractivity contribution is -0.116. The number of hydrogen-bond acceptors (Lipinski definition) is 5. The van der Waals surface area contributed by atoms with Crippen LogP contribution in [0.4, 0.5) is 11.4 Å². The topological polar surface area (TPSA) is 135 Å². The van der Waals surface area contributed by atoms with Gasteiger partial charge in [-0.05, 0) is 42.8 Å². The van der Waals surface area contributed by atoms with Gasteiger partial charge in [0, 0.05) is 29.8 Å². The van der Waals surface area contributed by atoms with Gasteiger partial charge in [-0.3, -0.25) is 28.9 Å². The van der Waals surface area contributed by atoms with Crippen LogP contribution in [0.25, 0.3) is 11.0 Å². The Bertz CT molecular complexity index is 1720. The molecular formula is C27H21N5O5. The highest BCUT2D eigenvalue weighted by Gasteiger charge is 2.47. The summed E-state index contributed by atoms with van der Waals surface area (Å²) in [6, 6.07) is 19.1. The molecule has 1 aromatic heterocycles. The molecule has 0 aliphatic carbocycles. The molecule has 10 nitrogen and oxygen atoms in total. The fourth-order valence-corrected chi connectivity index (χ4v) is 5.03. The fourth-order valence-electron chi connectivity index (χ4n) is 5.03. The number of aromatic nitrogens is 2. The Kier molecular flexibility index (Phi) is 5.22. The third-order valence-electron chi connectivity index (χ3n) is 6.69. The third-order valence-corrected chi connectivity index (χ3v) is 6.69. The molecule has 3 N–H and O–H groups in total. The average Bonchev–Trinajstić information content (AvgIpc) is 3.19. The van der Waals surface area contributed by atoms with Gasteiger partial charge in [-0.1, -0.05) is 30.3 Å². The van der Waals surface area contributed by atoms with E-state index in [4.69, 9.17) is 0 Å². The van der Waals surface area contributed by atoms with Gasteiger partial charge in [-0.25, -0.2) is 0 Å². The minimum absolute atomic E-state index is 0.133. The molecule has 0 radical (unpaired) electrons. The summed E-state index contributed by atoms with van der Waals surface area (Å²) < 4.78 is 0. The lowest BCUT2D eigenvalue weighted by atomic mass is 10.0. The number of aromatic amines is 2. The number of nitrogens with zero attached hydrogens (tertiary/aromatic N) is 2. The van der Waals surface area contributed by atoms with Gasteiger partial charge < -0.3 is 20.2 Å². The SMILES string of the molecule is O=C(CCCN1C(=O)c2ccccc2N2C(=O)c3ccccc3C12)Nc1ccc2[nH]c(=O)c(=O)[nH]c2c1. The van der Waals surface area contributed by atoms with E-state index in [2.05, 4.69) is 15.3 Å². The highest BCUT2D eigenvalue weighted by Crippen LogP contribution is 2.45. The van der Waals surface area contributed by atoms with E-state index in [0.717, 1.165) is 5.56 Å². The zero-order chi connectivity index (χ0) is 25.7. The van der Waals surface area contributed by atoms with E-state index in [0.29, 0.717) is 40.0 Å². The summed E-state index contributed by atoms with van der Waals surface area (Å²) in [6.07, 6.45) is -0.0554. The molecule has 0 saturated carbocycles. The number of carbonyl (C=O) groups is 3. The number of rotatable bonds is 5. The quantitative estimate of drug-likeness (QED) is 0.366. The molecule has 0 saturated heterocycles. The fraction of sp³-hybridized carbons (Fsp3) is 0.148. The normalized spacial score (nSPS) is 15.9. The van der Waals surface area contributed by atoms with Crippen molar-refractivity contribution in [3.05, 3.63) is 104 Å². The molecule has 1 unspecified atom stereocenters. The van der Waals surface area contributed by atoms with Crippen LogP contribution < -0.4 is 21.3 Å². The van der Waals surface area contributed by atoms with Gasteiger partial charge in [-0.2, -0.15) is 0 Å². The molecule has 2 aliphatic rings. The molecule has 3 aromatic carbocycles. The number of carbonyl (C=O) groups excluding carboxylic acids is 3. The second-order valence-corrected chi connectivity index (χ2v) is 8.97. The van der Waals surface area contributed by atoms with Crippen molar-refractivity contribution in [1.82, 2.24) is 14.9 Å². The van der Waals surface area contributed by atoms with Crippen LogP contribution >= 0.6 is 0 Å². The summed E-state index contributed by atoms with van der Waals surface area (Å²) in [6.45, 7) is 0.273. The smallest absolute Gasteiger partial charge is 0.314 e. The van der Waals surface area contributed by atoms with E-state index in [1.807, 2.05) is 12.1 Å². The van der Waals surface area contributed by atoms with Gasteiger partial charge in [0.15, 0.2) is 0 Å². The zero-order valence-electron chi connectivity index (χ0n) is 19.5. The van der Waals surface area contributed by atoms with E-state index in [-0.39, 0.29) is 30.7 Å². The van der Waals surface area contributed by atoms with Gasteiger partial charge in [0.25, 0.3) is 11.8 Å². The van der Waals surface area contributed by atoms with Crippen molar-refractivity contribution in [2.45, 2.75) is 19.0 Å². The first-order chi connectivity index (χ1) is 17.9. The number of H-pyrrole nitrogens is 2. The van der Waals surface area contributed by atoms with Crippen LogP contribution in [0, 0.1) is 0 Å². The Hall–Kier alpha value is -4.99.